The van der Waals surface area contributed by atoms with Crippen molar-refractivity contribution in [1.82, 2.24) is 14.8 Å². The van der Waals surface area contributed by atoms with Crippen LogP contribution in [0.4, 0.5) is 11.5 Å². The van der Waals surface area contributed by atoms with Gasteiger partial charge < -0.3 is 5.32 Å². The molecular formula is C10H11ClN4. The van der Waals surface area contributed by atoms with Crippen LogP contribution in [0, 0.1) is 6.92 Å². The van der Waals surface area contributed by atoms with Gasteiger partial charge in [-0.05, 0) is 19.1 Å². The number of aryl methyl sites for hydroxylation is 2. The summed E-state index contributed by atoms with van der Waals surface area (Å²) in [7, 11) is 1.88. The number of pyridine rings is 1. The molecule has 0 aromatic carbocycles. The highest BCUT2D eigenvalue weighted by Crippen LogP contribution is 2.18. The van der Waals surface area contributed by atoms with Crippen LogP contribution in [-0.4, -0.2) is 14.8 Å². The summed E-state index contributed by atoms with van der Waals surface area (Å²) in [4.78, 5) is 4.14. The molecule has 0 bridgehead atoms. The summed E-state index contributed by atoms with van der Waals surface area (Å²) in [5.74, 6) is 0.721. The van der Waals surface area contributed by atoms with Crippen molar-refractivity contribution < 1.29 is 0 Å². The second-order valence-electron chi connectivity index (χ2n) is 3.27. The first-order chi connectivity index (χ1) is 7.15. The minimum atomic E-state index is 0.474. The zero-order valence-corrected chi connectivity index (χ0v) is 9.28. The van der Waals surface area contributed by atoms with Crippen LogP contribution in [0.15, 0.2) is 24.4 Å². The van der Waals surface area contributed by atoms with E-state index in [1.807, 2.05) is 32.3 Å². The summed E-state index contributed by atoms with van der Waals surface area (Å²) in [5.41, 5.74) is 1.87. The van der Waals surface area contributed by atoms with Gasteiger partial charge in [-0.1, -0.05) is 17.7 Å². The van der Waals surface area contributed by atoms with Gasteiger partial charge in [0.15, 0.2) is 0 Å². The van der Waals surface area contributed by atoms with Crippen molar-refractivity contribution in [2.45, 2.75) is 6.92 Å². The lowest BCUT2D eigenvalue weighted by Crippen LogP contribution is -1.93. The molecule has 0 radical (unpaired) electrons. The van der Waals surface area contributed by atoms with Crippen LogP contribution in [0.3, 0.4) is 0 Å². The molecule has 2 heterocycles. The van der Waals surface area contributed by atoms with Crippen molar-refractivity contribution in [3.63, 3.8) is 0 Å². The molecule has 2 aromatic heterocycles. The van der Waals surface area contributed by atoms with E-state index in [2.05, 4.69) is 15.4 Å². The second-order valence-corrected chi connectivity index (χ2v) is 3.66. The van der Waals surface area contributed by atoms with E-state index in [9.17, 15) is 0 Å². The first kappa shape index (κ1) is 9.98. The van der Waals surface area contributed by atoms with E-state index in [1.54, 1.807) is 10.7 Å². The molecule has 0 fully saturated rings. The third-order valence-corrected chi connectivity index (χ3v) is 2.20. The number of anilines is 2. The van der Waals surface area contributed by atoms with Crippen molar-refractivity contribution >= 4 is 23.1 Å². The van der Waals surface area contributed by atoms with E-state index in [-0.39, 0.29) is 0 Å². The molecule has 2 rings (SSSR count). The monoisotopic (exact) mass is 222 g/mol. The zero-order valence-electron chi connectivity index (χ0n) is 8.53. The lowest BCUT2D eigenvalue weighted by atomic mass is 10.4. The van der Waals surface area contributed by atoms with Gasteiger partial charge in [0, 0.05) is 13.2 Å². The van der Waals surface area contributed by atoms with Crippen LogP contribution in [-0.2, 0) is 7.05 Å². The first-order valence-corrected chi connectivity index (χ1v) is 4.93. The minimum absolute atomic E-state index is 0.474. The zero-order chi connectivity index (χ0) is 10.8. The maximum absolute atomic E-state index is 5.78. The van der Waals surface area contributed by atoms with E-state index in [4.69, 9.17) is 11.6 Å². The Hall–Kier alpha value is -1.55. The van der Waals surface area contributed by atoms with Crippen LogP contribution in [0.1, 0.15) is 5.69 Å². The van der Waals surface area contributed by atoms with Crippen LogP contribution in [0.2, 0.25) is 5.15 Å². The summed E-state index contributed by atoms with van der Waals surface area (Å²) in [6, 6.07) is 5.45. The fourth-order valence-electron chi connectivity index (χ4n) is 1.34. The average Bonchev–Trinajstić information content (AvgIpc) is 2.45. The van der Waals surface area contributed by atoms with Gasteiger partial charge in [0.2, 0.25) is 0 Å². The quantitative estimate of drug-likeness (QED) is 0.794. The molecule has 0 saturated heterocycles. The summed E-state index contributed by atoms with van der Waals surface area (Å²) < 4.78 is 1.75. The summed E-state index contributed by atoms with van der Waals surface area (Å²) >= 11 is 5.78. The number of hydrogen-bond acceptors (Lipinski definition) is 3. The predicted molar refractivity (Wildman–Crippen MR) is 60.5 cm³/mol. The van der Waals surface area contributed by atoms with Gasteiger partial charge in [0.1, 0.15) is 11.0 Å². The molecule has 0 aliphatic rings. The fourth-order valence-corrected chi connectivity index (χ4v) is 1.50. The third kappa shape index (κ3) is 2.27. The summed E-state index contributed by atoms with van der Waals surface area (Å²) in [6.07, 6.45) is 1.90. The number of hydrogen-bond donors (Lipinski definition) is 1. The fraction of sp³-hybridized carbons (Fsp3) is 0.200. The highest BCUT2D eigenvalue weighted by atomic mass is 35.5. The molecule has 15 heavy (non-hydrogen) atoms. The number of aromatic nitrogens is 3. The van der Waals surface area contributed by atoms with Gasteiger partial charge in [-0.25, -0.2) is 4.98 Å². The SMILES string of the molecule is Cc1nn(C)cc1Nc1cccc(Cl)n1. The van der Waals surface area contributed by atoms with Crippen LogP contribution < -0.4 is 5.32 Å². The maximum Gasteiger partial charge on any atom is 0.132 e. The average molecular weight is 223 g/mol. The normalized spacial score (nSPS) is 10.3. The van der Waals surface area contributed by atoms with Crippen molar-refractivity contribution in [3.8, 4) is 0 Å². The summed E-state index contributed by atoms with van der Waals surface area (Å²) in [6.45, 7) is 1.94. The van der Waals surface area contributed by atoms with E-state index in [0.29, 0.717) is 5.15 Å². The molecule has 0 saturated carbocycles. The topological polar surface area (TPSA) is 42.7 Å². The van der Waals surface area contributed by atoms with E-state index < -0.39 is 0 Å². The standard InChI is InChI=1S/C10H11ClN4/c1-7-8(6-15(2)14-7)12-10-5-3-4-9(11)13-10/h3-6H,1-2H3,(H,12,13). The highest BCUT2D eigenvalue weighted by Gasteiger charge is 2.03. The highest BCUT2D eigenvalue weighted by molar-refractivity contribution is 6.29. The number of halogens is 1. The van der Waals surface area contributed by atoms with Crippen LogP contribution in [0.25, 0.3) is 0 Å². The first-order valence-electron chi connectivity index (χ1n) is 4.55. The Morgan fingerprint density at radius 1 is 1.40 bits per heavy atom. The van der Waals surface area contributed by atoms with Crippen LogP contribution in [0.5, 0.6) is 0 Å². The molecule has 0 atom stereocenters. The molecule has 0 spiro atoms. The number of nitrogens with one attached hydrogen (secondary N) is 1. The third-order valence-electron chi connectivity index (χ3n) is 1.99. The molecule has 0 aliphatic carbocycles. The molecule has 0 amide bonds. The van der Waals surface area contributed by atoms with Crippen molar-refractivity contribution in [1.29, 1.82) is 0 Å². The van der Waals surface area contributed by atoms with Crippen molar-refractivity contribution in [3.05, 3.63) is 35.2 Å². The Labute approximate surface area is 92.9 Å². The Morgan fingerprint density at radius 3 is 2.80 bits per heavy atom. The smallest absolute Gasteiger partial charge is 0.132 e. The molecule has 4 nitrogen and oxygen atoms in total. The number of rotatable bonds is 2. The molecular weight excluding hydrogens is 212 g/mol. The maximum atomic E-state index is 5.78. The van der Waals surface area contributed by atoms with Gasteiger partial charge in [-0.3, -0.25) is 4.68 Å². The van der Waals surface area contributed by atoms with Crippen LogP contribution >= 0.6 is 11.6 Å². The van der Waals surface area contributed by atoms with Crippen molar-refractivity contribution in [2.24, 2.45) is 7.05 Å². The number of nitrogens with zero attached hydrogens (tertiary/aromatic N) is 3. The van der Waals surface area contributed by atoms with E-state index in [1.165, 1.54) is 0 Å². The molecule has 1 N–H and O–H groups in total. The van der Waals surface area contributed by atoms with Gasteiger partial charge in [-0.15, -0.1) is 0 Å². The Bertz CT molecular complexity index is 478. The minimum Gasteiger partial charge on any atom is -0.337 e. The van der Waals surface area contributed by atoms with Gasteiger partial charge >= 0.3 is 0 Å². The van der Waals surface area contributed by atoms with Crippen molar-refractivity contribution in [2.75, 3.05) is 5.32 Å². The van der Waals surface area contributed by atoms with Gasteiger partial charge in [0.05, 0.1) is 11.4 Å². The lowest BCUT2D eigenvalue weighted by Gasteiger charge is -2.03. The predicted octanol–water partition coefficient (Wildman–Crippen LogP) is 2.52. The largest absolute Gasteiger partial charge is 0.337 e. The van der Waals surface area contributed by atoms with E-state index in [0.717, 1.165) is 17.2 Å². The molecule has 5 heteroatoms. The Kier molecular flexibility index (Phi) is 2.60. The Balaban J connectivity index is 2.25. The van der Waals surface area contributed by atoms with Gasteiger partial charge in [-0.2, -0.15) is 5.10 Å². The molecule has 78 valence electrons. The second kappa shape index (κ2) is 3.90. The van der Waals surface area contributed by atoms with Gasteiger partial charge in [0.25, 0.3) is 0 Å². The molecule has 2 aromatic rings. The molecule has 0 aliphatic heterocycles. The van der Waals surface area contributed by atoms with E-state index >= 15 is 0 Å². The Morgan fingerprint density at radius 2 is 2.20 bits per heavy atom. The summed E-state index contributed by atoms with van der Waals surface area (Å²) in [5, 5.41) is 7.85. The molecule has 0 unspecified atom stereocenters. The lowest BCUT2D eigenvalue weighted by molar-refractivity contribution is 0.756.